The van der Waals surface area contributed by atoms with Gasteiger partial charge >= 0.3 is 0 Å². The number of aryl methyl sites for hydroxylation is 2. The van der Waals surface area contributed by atoms with Crippen molar-refractivity contribution in [2.45, 2.75) is 45.1 Å². The van der Waals surface area contributed by atoms with Crippen molar-refractivity contribution >= 4 is 49.1 Å². The maximum atomic E-state index is 13.8. The minimum absolute atomic E-state index is 0.141. The lowest BCUT2D eigenvalue weighted by atomic mass is 10.0. The van der Waals surface area contributed by atoms with Gasteiger partial charge in [0.1, 0.15) is 6.54 Å². The summed E-state index contributed by atoms with van der Waals surface area (Å²) >= 11 is 0. The molecule has 5 aromatic rings. The third-order valence-electron chi connectivity index (χ3n) is 7.12. The second-order valence-corrected chi connectivity index (χ2v) is 12.0. The largest absolute Gasteiger partial charge is 0.341 e. The molecule has 4 aromatic carbocycles. The molecule has 7 heteroatoms. The molecule has 1 heterocycles. The second kappa shape index (κ2) is 10.6. The van der Waals surface area contributed by atoms with Crippen molar-refractivity contribution in [2.24, 2.45) is 0 Å². The molecule has 0 aliphatic rings. The van der Waals surface area contributed by atoms with E-state index in [1.165, 1.54) is 4.31 Å². The monoisotopic (exact) mass is 539 g/mol. The van der Waals surface area contributed by atoms with Crippen molar-refractivity contribution in [2.75, 3.05) is 16.2 Å². The van der Waals surface area contributed by atoms with Crippen LogP contribution in [0.25, 0.3) is 21.8 Å². The molecule has 0 spiro atoms. The van der Waals surface area contributed by atoms with E-state index in [-0.39, 0.29) is 11.4 Å². The van der Waals surface area contributed by atoms with Gasteiger partial charge in [-0.2, -0.15) is 0 Å². The standard InChI is InChI=1S/C32H33N3O3S/c1-5-34-30-9-7-6-8-28(30)29-20-25(14-19-31(29)34)33-32(36)21-35(26-15-12-24(13-16-26)22(2)3)39(37,38)27-17-10-23(4)11-18-27/h6-20,22H,5,21H2,1-4H3,(H,33,36). The summed E-state index contributed by atoms with van der Waals surface area (Å²) in [6.45, 7) is 8.65. The Morgan fingerprint density at radius 2 is 1.54 bits per heavy atom. The van der Waals surface area contributed by atoms with Crippen LogP contribution in [-0.2, 0) is 21.4 Å². The maximum Gasteiger partial charge on any atom is 0.264 e. The lowest BCUT2D eigenvalue weighted by Gasteiger charge is -2.24. The van der Waals surface area contributed by atoms with Gasteiger partial charge in [-0.15, -0.1) is 0 Å². The topological polar surface area (TPSA) is 71.4 Å². The first-order valence-corrected chi connectivity index (χ1v) is 14.6. The van der Waals surface area contributed by atoms with Crippen molar-refractivity contribution in [1.29, 1.82) is 0 Å². The van der Waals surface area contributed by atoms with Crippen LogP contribution in [0.5, 0.6) is 0 Å². The van der Waals surface area contributed by atoms with Gasteiger partial charge in [-0.05, 0) is 73.9 Å². The normalized spacial score (nSPS) is 11.8. The average Bonchev–Trinajstić information content (AvgIpc) is 3.25. The fourth-order valence-corrected chi connectivity index (χ4v) is 6.40. The molecule has 1 N–H and O–H groups in total. The maximum absolute atomic E-state index is 13.8. The summed E-state index contributed by atoms with van der Waals surface area (Å²) in [4.78, 5) is 13.5. The number of aromatic nitrogens is 1. The van der Waals surface area contributed by atoms with Crippen molar-refractivity contribution in [3.8, 4) is 0 Å². The molecule has 0 radical (unpaired) electrons. The van der Waals surface area contributed by atoms with E-state index in [0.29, 0.717) is 17.3 Å². The van der Waals surface area contributed by atoms with E-state index in [9.17, 15) is 13.2 Å². The number of hydrogen-bond donors (Lipinski definition) is 1. The van der Waals surface area contributed by atoms with E-state index in [0.717, 1.165) is 39.5 Å². The quantitative estimate of drug-likeness (QED) is 0.229. The van der Waals surface area contributed by atoms with Gasteiger partial charge < -0.3 is 9.88 Å². The summed E-state index contributed by atoms with van der Waals surface area (Å²) < 4.78 is 30.9. The number of amides is 1. The summed E-state index contributed by atoms with van der Waals surface area (Å²) in [5.74, 6) is -0.115. The van der Waals surface area contributed by atoms with Gasteiger partial charge in [0, 0.05) is 34.0 Å². The van der Waals surface area contributed by atoms with Gasteiger partial charge in [-0.25, -0.2) is 8.42 Å². The van der Waals surface area contributed by atoms with Crippen LogP contribution in [0.15, 0.2) is 95.9 Å². The molecule has 5 rings (SSSR count). The molecule has 0 fully saturated rings. The third kappa shape index (κ3) is 5.14. The molecule has 39 heavy (non-hydrogen) atoms. The Hall–Kier alpha value is -4.10. The highest BCUT2D eigenvalue weighted by Crippen LogP contribution is 2.31. The van der Waals surface area contributed by atoms with Gasteiger partial charge in [0.25, 0.3) is 10.0 Å². The zero-order chi connectivity index (χ0) is 27.7. The number of rotatable bonds is 8. The zero-order valence-corrected chi connectivity index (χ0v) is 23.5. The molecule has 0 saturated heterocycles. The molecule has 1 aromatic heterocycles. The fourth-order valence-electron chi connectivity index (χ4n) is 4.98. The summed E-state index contributed by atoms with van der Waals surface area (Å²) in [6, 6.07) is 28.0. The van der Waals surface area contributed by atoms with Gasteiger partial charge in [0.15, 0.2) is 0 Å². The van der Waals surface area contributed by atoms with Crippen LogP contribution in [0.4, 0.5) is 11.4 Å². The molecular weight excluding hydrogens is 506 g/mol. The Kier molecular flexibility index (Phi) is 7.19. The summed E-state index contributed by atoms with van der Waals surface area (Å²) in [6.07, 6.45) is 0. The lowest BCUT2D eigenvalue weighted by molar-refractivity contribution is -0.114. The predicted molar refractivity (Wildman–Crippen MR) is 160 cm³/mol. The molecule has 0 aliphatic heterocycles. The average molecular weight is 540 g/mol. The Balaban J connectivity index is 1.48. The van der Waals surface area contributed by atoms with E-state index < -0.39 is 15.9 Å². The second-order valence-electron chi connectivity index (χ2n) is 10.1. The first-order valence-electron chi connectivity index (χ1n) is 13.2. The molecule has 200 valence electrons. The molecule has 0 bridgehead atoms. The number of carbonyl (C=O) groups is 1. The van der Waals surface area contributed by atoms with Crippen molar-refractivity contribution < 1.29 is 13.2 Å². The lowest BCUT2D eigenvalue weighted by Crippen LogP contribution is -2.38. The molecule has 0 atom stereocenters. The van der Waals surface area contributed by atoms with Crippen LogP contribution in [0.3, 0.4) is 0 Å². The molecule has 0 aliphatic carbocycles. The van der Waals surface area contributed by atoms with Crippen LogP contribution in [0, 0.1) is 6.92 Å². The SMILES string of the molecule is CCn1c2ccccc2c2cc(NC(=O)CN(c3ccc(C(C)C)cc3)S(=O)(=O)c3ccc(C)cc3)ccc21. The Labute approximate surface area is 229 Å². The van der Waals surface area contributed by atoms with Gasteiger partial charge in [0.05, 0.1) is 10.6 Å². The smallest absolute Gasteiger partial charge is 0.264 e. The van der Waals surface area contributed by atoms with E-state index in [1.54, 1.807) is 36.4 Å². The molecular formula is C32H33N3O3S. The number of hydrogen-bond acceptors (Lipinski definition) is 3. The van der Waals surface area contributed by atoms with Gasteiger partial charge in [0.2, 0.25) is 5.91 Å². The fraction of sp³-hybridized carbons (Fsp3) is 0.219. The van der Waals surface area contributed by atoms with Gasteiger partial charge in [-0.1, -0.05) is 61.9 Å². The van der Waals surface area contributed by atoms with Crippen LogP contribution in [-0.4, -0.2) is 25.4 Å². The molecule has 0 saturated carbocycles. The Bertz CT molecular complexity index is 1750. The minimum atomic E-state index is -3.99. The molecule has 6 nitrogen and oxygen atoms in total. The molecule has 0 unspecified atom stereocenters. The van der Waals surface area contributed by atoms with Crippen LogP contribution in [0.1, 0.15) is 37.8 Å². The van der Waals surface area contributed by atoms with E-state index in [1.807, 2.05) is 49.4 Å². The van der Waals surface area contributed by atoms with Crippen molar-refractivity contribution in [1.82, 2.24) is 4.57 Å². The Morgan fingerprint density at radius 1 is 0.872 bits per heavy atom. The number of carbonyl (C=O) groups excluding carboxylic acids is 1. The van der Waals surface area contributed by atoms with E-state index in [4.69, 9.17) is 0 Å². The number of para-hydroxylation sites is 1. The van der Waals surface area contributed by atoms with E-state index in [2.05, 4.69) is 42.8 Å². The number of anilines is 2. The Morgan fingerprint density at radius 3 is 2.21 bits per heavy atom. The number of nitrogens with one attached hydrogen (secondary N) is 1. The summed E-state index contributed by atoms with van der Waals surface area (Å²) in [5, 5.41) is 5.09. The van der Waals surface area contributed by atoms with E-state index >= 15 is 0 Å². The molecule has 1 amide bonds. The first kappa shape index (κ1) is 26.5. The minimum Gasteiger partial charge on any atom is -0.341 e. The number of benzene rings is 4. The van der Waals surface area contributed by atoms with Crippen LogP contribution in [0.2, 0.25) is 0 Å². The zero-order valence-electron chi connectivity index (χ0n) is 22.7. The van der Waals surface area contributed by atoms with Crippen LogP contribution >= 0.6 is 0 Å². The highest BCUT2D eigenvalue weighted by Gasteiger charge is 2.27. The predicted octanol–water partition coefficient (Wildman–Crippen LogP) is 7.08. The van der Waals surface area contributed by atoms with Gasteiger partial charge in [-0.3, -0.25) is 9.10 Å². The number of nitrogens with zero attached hydrogens (tertiary/aromatic N) is 2. The number of sulfonamides is 1. The van der Waals surface area contributed by atoms with Crippen LogP contribution < -0.4 is 9.62 Å². The van der Waals surface area contributed by atoms with Crippen molar-refractivity contribution in [3.05, 3.63) is 102 Å². The summed E-state index contributed by atoms with van der Waals surface area (Å²) in [5.41, 5.74) is 5.34. The van der Waals surface area contributed by atoms with Crippen molar-refractivity contribution in [3.63, 3.8) is 0 Å². The highest BCUT2D eigenvalue weighted by molar-refractivity contribution is 7.92. The number of fused-ring (bicyclic) bond motifs is 3. The third-order valence-corrected chi connectivity index (χ3v) is 8.90. The first-order chi connectivity index (χ1) is 18.7. The summed E-state index contributed by atoms with van der Waals surface area (Å²) in [7, 11) is -3.99. The highest BCUT2D eigenvalue weighted by atomic mass is 32.2.